The number of esters is 1. The maximum absolute atomic E-state index is 12.7. The summed E-state index contributed by atoms with van der Waals surface area (Å²) in [4.78, 5) is 26.6. The number of rotatable bonds is 8. The summed E-state index contributed by atoms with van der Waals surface area (Å²) >= 11 is 0. The van der Waals surface area contributed by atoms with Crippen molar-refractivity contribution in [2.24, 2.45) is 0 Å². The number of hydrogen-bond acceptors (Lipinski definition) is 7. The monoisotopic (exact) mass is 413 g/mol. The second-order valence-corrected chi connectivity index (χ2v) is 8.76. The summed E-state index contributed by atoms with van der Waals surface area (Å²) in [6.45, 7) is 5.89. The lowest BCUT2D eigenvalue weighted by Gasteiger charge is -2.29. The number of carbonyl (C=O) groups is 2. The van der Waals surface area contributed by atoms with E-state index in [1.165, 1.54) is 31.1 Å². The van der Waals surface area contributed by atoms with Gasteiger partial charge in [-0.3, -0.25) is 4.79 Å². The van der Waals surface area contributed by atoms with E-state index in [-0.39, 0.29) is 23.1 Å². The van der Waals surface area contributed by atoms with E-state index in [9.17, 15) is 18.0 Å². The number of likely N-dealkylation sites (N-methyl/N-ethyl adjacent to an activating group) is 1. The van der Waals surface area contributed by atoms with Gasteiger partial charge in [-0.1, -0.05) is 0 Å². The van der Waals surface area contributed by atoms with E-state index in [0.717, 1.165) is 0 Å². The Kier molecular flexibility index (Phi) is 7.29. The molecule has 1 aromatic rings. The van der Waals surface area contributed by atoms with E-state index < -0.39 is 27.8 Å². The molecule has 0 aliphatic carbocycles. The number of ether oxygens (including phenoxy) is 3. The Balaban J connectivity index is 2.07. The van der Waals surface area contributed by atoms with Gasteiger partial charge >= 0.3 is 5.97 Å². The molecule has 1 amide bonds. The fraction of sp³-hybridized carbons (Fsp3) is 0.579. The van der Waals surface area contributed by atoms with Crippen LogP contribution in [0.15, 0.2) is 18.2 Å². The molecule has 1 fully saturated rings. The van der Waals surface area contributed by atoms with E-state index in [4.69, 9.17) is 14.2 Å². The van der Waals surface area contributed by atoms with E-state index in [1.807, 2.05) is 6.92 Å². The number of benzene rings is 1. The SMILES string of the molecule is CCOc1ccc(C(=O)O[C@H](C)C(=O)N(CC)[C@@H]2CCS(=O)(=O)C2)cc1OC. The van der Waals surface area contributed by atoms with Crippen LogP contribution in [0, 0.1) is 0 Å². The van der Waals surface area contributed by atoms with E-state index >= 15 is 0 Å². The standard InChI is InChI=1S/C19H27NO7S/c1-5-20(15-9-10-28(23,24)12-15)18(21)13(3)27-19(22)14-7-8-16(26-6-2)17(11-14)25-4/h7-8,11,13,15H,5-6,9-10,12H2,1-4H3/t13-,15-/m1/s1. The maximum Gasteiger partial charge on any atom is 0.339 e. The predicted molar refractivity (Wildman–Crippen MR) is 103 cm³/mol. The van der Waals surface area contributed by atoms with Crippen molar-refractivity contribution in [3.8, 4) is 11.5 Å². The number of methoxy groups -OCH3 is 1. The molecule has 0 unspecified atom stereocenters. The zero-order valence-electron chi connectivity index (χ0n) is 16.6. The Morgan fingerprint density at radius 3 is 2.50 bits per heavy atom. The summed E-state index contributed by atoms with van der Waals surface area (Å²) in [5.41, 5.74) is 0.228. The summed E-state index contributed by atoms with van der Waals surface area (Å²) in [7, 11) is -1.65. The van der Waals surface area contributed by atoms with Crippen LogP contribution in [0.2, 0.25) is 0 Å². The minimum Gasteiger partial charge on any atom is -0.493 e. The summed E-state index contributed by atoms with van der Waals surface area (Å²) < 4.78 is 39.4. The fourth-order valence-corrected chi connectivity index (χ4v) is 4.93. The molecule has 2 atom stereocenters. The molecule has 0 spiro atoms. The number of nitrogens with zero attached hydrogens (tertiary/aromatic N) is 1. The summed E-state index contributed by atoms with van der Waals surface area (Å²) in [5, 5.41) is 0. The Morgan fingerprint density at radius 2 is 1.96 bits per heavy atom. The molecule has 1 heterocycles. The van der Waals surface area contributed by atoms with Crippen LogP contribution in [-0.2, 0) is 19.4 Å². The molecule has 156 valence electrons. The van der Waals surface area contributed by atoms with Gasteiger partial charge in [-0.25, -0.2) is 13.2 Å². The van der Waals surface area contributed by atoms with Crippen molar-refractivity contribution in [1.82, 2.24) is 4.90 Å². The third kappa shape index (κ3) is 5.15. The highest BCUT2D eigenvalue weighted by Crippen LogP contribution is 2.28. The predicted octanol–water partition coefficient (Wildman–Crippen LogP) is 1.67. The highest BCUT2D eigenvalue weighted by molar-refractivity contribution is 7.91. The second-order valence-electron chi connectivity index (χ2n) is 6.53. The van der Waals surface area contributed by atoms with Gasteiger partial charge in [-0.05, 0) is 45.4 Å². The number of carbonyl (C=O) groups excluding carboxylic acids is 2. The number of hydrogen-bond donors (Lipinski definition) is 0. The molecule has 0 radical (unpaired) electrons. The molecule has 0 aromatic heterocycles. The minimum atomic E-state index is -3.12. The van der Waals surface area contributed by atoms with Gasteiger partial charge < -0.3 is 19.1 Å². The van der Waals surface area contributed by atoms with Crippen LogP contribution in [-0.4, -0.2) is 69.1 Å². The van der Waals surface area contributed by atoms with Gasteiger partial charge in [0.25, 0.3) is 5.91 Å². The highest BCUT2D eigenvalue weighted by atomic mass is 32.2. The van der Waals surface area contributed by atoms with Gasteiger partial charge in [0.15, 0.2) is 27.4 Å². The van der Waals surface area contributed by atoms with E-state index in [0.29, 0.717) is 31.1 Å². The molecular formula is C19H27NO7S. The molecule has 1 aromatic carbocycles. The summed E-state index contributed by atoms with van der Waals surface area (Å²) in [6, 6.07) is 4.25. The Labute approximate surface area is 165 Å². The van der Waals surface area contributed by atoms with E-state index in [1.54, 1.807) is 13.0 Å². The highest BCUT2D eigenvalue weighted by Gasteiger charge is 2.36. The summed E-state index contributed by atoms with van der Waals surface area (Å²) in [6.07, 6.45) is -0.633. The van der Waals surface area contributed by atoms with Crippen molar-refractivity contribution >= 4 is 21.7 Å². The van der Waals surface area contributed by atoms with Crippen molar-refractivity contribution in [2.45, 2.75) is 39.3 Å². The van der Waals surface area contributed by atoms with Crippen molar-refractivity contribution in [3.63, 3.8) is 0 Å². The van der Waals surface area contributed by atoms with Crippen molar-refractivity contribution in [1.29, 1.82) is 0 Å². The Bertz CT molecular complexity index is 822. The summed E-state index contributed by atoms with van der Waals surface area (Å²) in [5.74, 6) is -0.162. The first-order valence-corrected chi connectivity index (χ1v) is 11.1. The minimum absolute atomic E-state index is 0.0522. The molecule has 9 heteroatoms. The second kappa shape index (κ2) is 9.27. The Hall–Kier alpha value is -2.29. The van der Waals surface area contributed by atoms with Gasteiger partial charge in [0.2, 0.25) is 0 Å². The van der Waals surface area contributed by atoms with Crippen LogP contribution in [0.1, 0.15) is 37.6 Å². The quantitative estimate of drug-likeness (QED) is 0.598. The van der Waals surface area contributed by atoms with Crippen LogP contribution >= 0.6 is 0 Å². The molecule has 0 bridgehead atoms. The van der Waals surface area contributed by atoms with Gasteiger partial charge in [0.1, 0.15) is 0 Å². The molecule has 1 saturated heterocycles. The smallest absolute Gasteiger partial charge is 0.339 e. The Morgan fingerprint density at radius 1 is 1.25 bits per heavy atom. The van der Waals surface area contributed by atoms with Crippen LogP contribution < -0.4 is 9.47 Å². The van der Waals surface area contributed by atoms with E-state index in [2.05, 4.69) is 0 Å². The lowest BCUT2D eigenvalue weighted by atomic mass is 10.2. The lowest BCUT2D eigenvalue weighted by molar-refractivity contribution is -0.141. The number of amides is 1. The maximum atomic E-state index is 12.7. The first kappa shape index (κ1) is 22.0. The van der Waals surface area contributed by atoms with Gasteiger partial charge in [0, 0.05) is 12.6 Å². The van der Waals surface area contributed by atoms with Crippen LogP contribution in [0.3, 0.4) is 0 Å². The van der Waals surface area contributed by atoms with Crippen LogP contribution in [0.25, 0.3) is 0 Å². The number of sulfone groups is 1. The largest absolute Gasteiger partial charge is 0.493 e. The third-order valence-corrected chi connectivity index (χ3v) is 6.35. The van der Waals surface area contributed by atoms with Crippen LogP contribution in [0.4, 0.5) is 0 Å². The molecule has 8 nitrogen and oxygen atoms in total. The van der Waals surface area contributed by atoms with Crippen LogP contribution in [0.5, 0.6) is 11.5 Å². The molecule has 1 aliphatic rings. The molecular weight excluding hydrogens is 386 g/mol. The molecule has 0 saturated carbocycles. The molecule has 1 aliphatic heterocycles. The van der Waals surface area contributed by atoms with Gasteiger partial charge in [0.05, 0.1) is 30.8 Å². The van der Waals surface area contributed by atoms with Crippen molar-refractivity contribution in [3.05, 3.63) is 23.8 Å². The van der Waals surface area contributed by atoms with Gasteiger partial charge in [-0.2, -0.15) is 0 Å². The average molecular weight is 413 g/mol. The first-order chi connectivity index (χ1) is 13.2. The lowest BCUT2D eigenvalue weighted by Crippen LogP contribution is -2.46. The molecule has 2 rings (SSSR count). The average Bonchev–Trinajstić information content (AvgIpc) is 3.02. The molecule has 28 heavy (non-hydrogen) atoms. The van der Waals surface area contributed by atoms with Gasteiger partial charge in [-0.15, -0.1) is 0 Å². The first-order valence-electron chi connectivity index (χ1n) is 9.25. The topological polar surface area (TPSA) is 99.2 Å². The fourth-order valence-electron chi connectivity index (χ4n) is 3.20. The van der Waals surface area contributed by atoms with Crippen molar-refractivity contribution < 1.29 is 32.2 Å². The zero-order chi connectivity index (χ0) is 20.9. The normalized spacial score (nSPS) is 18.9. The zero-order valence-corrected chi connectivity index (χ0v) is 17.5. The molecule has 0 N–H and O–H groups in total. The van der Waals surface area contributed by atoms with Crippen molar-refractivity contribution in [2.75, 3.05) is 31.8 Å². The third-order valence-electron chi connectivity index (χ3n) is 4.60.